The predicted molar refractivity (Wildman–Crippen MR) is 146 cm³/mol. The lowest BCUT2D eigenvalue weighted by molar-refractivity contribution is 0.492. The van der Waals surface area contributed by atoms with Crippen LogP contribution < -0.4 is 4.31 Å². The van der Waals surface area contributed by atoms with Crippen LogP contribution in [0.15, 0.2) is 88.4 Å². The summed E-state index contributed by atoms with van der Waals surface area (Å²) in [4.78, 5) is 6.25. The molecule has 0 N–H and O–H groups in total. The molecule has 5 heteroatoms. The SMILES string of the molecule is CCN(Cc1ccc(CCCC2=C(C)CC(c3cccs3)=N2)cc1)SN(C)c1ccccc1. The molecule has 172 valence electrons. The zero-order valence-corrected chi connectivity index (χ0v) is 21.5. The molecule has 3 aromatic rings. The van der Waals surface area contributed by atoms with Crippen LogP contribution in [0.5, 0.6) is 0 Å². The van der Waals surface area contributed by atoms with Crippen molar-refractivity contribution in [1.29, 1.82) is 0 Å². The number of thiophene rings is 1. The highest BCUT2D eigenvalue weighted by atomic mass is 32.2. The maximum absolute atomic E-state index is 4.94. The number of hydrogen-bond donors (Lipinski definition) is 0. The van der Waals surface area contributed by atoms with E-state index >= 15 is 0 Å². The van der Waals surface area contributed by atoms with Gasteiger partial charge >= 0.3 is 0 Å². The van der Waals surface area contributed by atoms with Crippen molar-refractivity contribution in [2.45, 2.75) is 46.1 Å². The molecule has 0 fully saturated rings. The molecule has 33 heavy (non-hydrogen) atoms. The highest BCUT2D eigenvalue weighted by Crippen LogP contribution is 2.28. The van der Waals surface area contributed by atoms with E-state index in [9.17, 15) is 0 Å². The van der Waals surface area contributed by atoms with E-state index in [2.05, 4.69) is 102 Å². The lowest BCUT2D eigenvalue weighted by Crippen LogP contribution is -2.22. The zero-order chi connectivity index (χ0) is 23.0. The average molecular weight is 476 g/mol. The Labute approximate surface area is 207 Å². The Morgan fingerprint density at radius 1 is 0.939 bits per heavy atom. The van der Waals surface area contributed by atoms with Gasteiger partial charge in [-0.05, 0) is 66.5 Å². The summed E-state index contributed by atoms with van der Waals surface area (Å²) < 4.78 is 4.62. The summed E-state index contributed by atoms with van der Waals surface area (Å²) in [5.41, 5.74) is 7.97. The number of para-hydroxylation sites is 1. The fraction of sp³-hybridized carbons (Fsp3) is 0.321. The Kier molecular flexibility index (Phi) is 8.43. The van der Waals surface area contributed by atoms with Crippen LogP contribution in [0.4, 0.5) is 5.69 Å². The molecule has 4 rings (SSSR count). The van der Waals surface area contributed by atoms with Crippen LogP contribution in [-0.4, -0.2) is 23.6 Å². The van der Waals surface area contributed by atoms with Crippen LogP contribution in [0, 0.1) is 0 Å². The minimum atomic E-state index is 0.935. The number of benzene rings is 2. The first-order chi connectivity index (χ1) is 16.1. The first-order valence-corrected chi connectivity index (χ1v) is 13.3. The number of nitrogens with zero attached hydrogens (tertiary/aromatic N) is 3. The Balaban J connectivity index is 1.25. The van der Waals surface area contributed by atoms with E-state index in [4.69, 9.17) is 4.99 Å². The lowest BCUT2D eigenvalue weighted by atomic mass is 10.0. The highest BCUT2D eigenvalue weighted by Gasteiger charge is 2.16. The van der Waals surface area contributed by atoms with Gasteiger partial charge in [0, 0.05) is 55.0 Å². The van der Waals surface area contributed by atoms with Gasteiger partial charge in [0.1, 0.15) is 0 Å². The number of hydrogen-bond acceptors (Lipinski definition) is 5. The molecule has 0 aliphatic carbocycles. The van der Waals surface area contributed by atoms with E-state index < -0.39 is 0 Å². The van der Waals surface area contributed by atoms with Gasteiger partial charge in [0.2, 0.25) is 0 Å². The van der Waals surface area contributed by atoms with Crippen LogP contribution in [0.2, 0.25) is 0 Å². The van der Waals surface area contributed by atoms with Crippen LogP contribution in [0.1, 0.15) is 49.1 Å². The lowest BCUT2D eigenvalue weighted by Gasteiger charge is -2.26. The molecule has 0 atom stereocenters. The molecule has 0 radical (unpaired) electrons. The van der Waals surface area contributed by atoms with E-state index in [0.717, 1.165) is 38.8 Å². The van der Waals surface area contributed by atoms with E-state index in [1.54, 1.807) is 23.5 Å². The number of allylic oxidation sites excluding steroid dienone is 2. The molecular formula is C28H33N3S2. The third-order valence-electron chi connectivity index (χ3n) is 5.97. The van der Waals surface area contributed by atoms with Crippen molar-refractivity contribution >= 4 is 34.9 Å². The highest BCUT2D eigenvalue weighted by molar-refractivity contribution is 7.98. The second kappa shape index (κ2) is 11.7. The smallest absolute Gasteiger partial charge is 0.0619 e. The molecule has 2 aromatic carbocycles. The van der Waals surface area contributed by atoms with Crippen LogP contribution >= 0.6 is 23.5 Å². The first-order valence-electron chi connectivity index (χ1n) is 11.7. The minimum Gasteiger partial charge on any atom is -0.306 e. The molecule has 1 aliphatic heterocycles. The summed E-state index contributed by atoms with van der Waals surface area (Å²) in [5.74, 6) is 0. The number of anilines is 1. The maximum Gasteiger partial charge on any atom is 0.0619 e. The third kappa shape index (κ3) is 6.59. The Morgan fingerprint density at radius 3 is 2.39 bits per heavy atom. The van der Waals surface area contributed by atoms with E-state index in [1.807, 2.05) is 0 Å². The molecule has 0 spiro atoms. The van der Waals surface area contributed by atoms with Crippen LogP contribution in [-0.2, 0) is 13.0 Å². The van der Waals surface area contributed by atoms with Gasteiger partial charge < -0.3 is 4.31 Å². The molecule has 1 aromatic heterocycles. The summed E-state index contributed by atoms with van der Waals surface area (Å²) >= 11 is 3.56. The number of rotatable bonds is 11. The molecule has 2 heterocycles. The second-order valence-corrected chi connectivity index (χ2v) is 10.7. The van der Waals surface area contributed by atoms with Gasteiger partial charge in [-0.25, -0.2) is 4.31 Å². The summed E-state index contributed by atoms with van der Waals surface area (Å²) in [6, 6.07) is 24.0. The molecular weight excluding hydrogens is 442 g/mol. The van der Waals surface area contributed by atoms with Crippen molar-refractivity contribution < 1.29 is 0 Å². The topological polar surface area (TPSA) is 18.8 Å². The van der Waals surface area contributed by atoms with Gasteiger partial charge in [0.25, 0.3) is 0 Å². The standard InChI is InChI=1S/C28H33N3S2/c1-4-31(33-30(3)25-11-6-5-7-12-25)21-24-17-15-23(16-18-24)10-8-13-26-22(2)20-27(29-26)28-14-9-19-32-28/h5-7,9,11-12,14-19H,4,8,10,13,20-21H2,1-3H3. The largest absolute Gasteiger partial charge is 0.306 e. The van der Waals surface area contributed by atoms with Crippen molar-refractivity contribution in [3.05, 3.63) is 99.4 Å². The Bertz CT molecular complexity index is 1070. The van der Waals surface area contributed by atoms with Gasteiger partial charge in [-0.15, -0.1) is 11.3 Å². The number of aliphatic imine (C=N–C) groups is 1. The molecule has 0 bridgehead atoms. The predicted octanol–water partition coefficient (Wildman–Crippen LogP) is 7.76. The molecule has 1 aliphatic rings. The Hall–Kier alpha value is -2.34. The minimum absolute atomic E-state index is 0.935. The van der Waals surface area contributed by atoms with Crippen molar-refractivity contribution in [2.75, 3.05) is 17.9 Å². The zero-order valence-electron chi connectivity index (χ0n) is 19.8. The van der Waals surface area contributed by atoms with Crippen LogP contribution in [0.25, 0.3) is 0 Å². The van der Waals surface area contributed by atoms with Crippen molar-refractivity contribution in [3.8, 4) is 0 Å². The Morgan fingerprint density at radius 2 is 1.70 bits per heavy atom. The third-order valence-corrected chi connectivity index (χ3v) is 7.97. The fourth-order valence-corrected chi connectivity index (χ4v) is 5.64. The number of aryl methyl sites for hydroxylation is 1. The summed E-state index contributed by atoms with van der Waals surface area (Å²) in [5, 5.41) is 2.13. The fourth-order valence-electron chi connectivity index (χ4n) is 4.04. The van der Waals surface area contributed by atoms with Gasteiger partial charge in [0.05, 0.1) is 5.71 Å². The average Bonchev–Trinajstić information content (AvgIpc) is 3.50. The normalized spacial score (nSPS) is 13.6. The quantitative estimate of drug-likeness (QED) is 0.264. The molecule has 0 saturated heterocycles. The van der Waals surface area contributed by atoms with Gasteiger partial charge in [-0.3, -0.25) is 4.99 Å². The van der Waals surface area contributed by atoms with E-state index in [1.165, 1.54) is 38.7 Å². The van der Waals surface area contributed by atoms with E-state index in [0.29, 0.717) is 0 Å². The van der Waals surface area contributed by atoms with Gasteiger partial charge in [-0.2, -0.15) is 0 Å². The van der Waals surface area contributed by atoms with Crippen molar-refractivity contribution in [3.63, 3.8) is 0 Å². The molecule has 0 saturated carbocycles. The molecule has 0 unspecified atom stereocenters. The van der Waals surface area contributed by atoms with Crippen molar-refractivity contribution in [1.82, 2.24) is 4.31 Å². The van der Waals surface area contributed by atoms with Gasteiger partial charge in [0.15, 0.2) is 0 Å². The monoisotopic (exact) mass is 475 g/mol. The molecule has 0 amide bonds. The van der Waals surface area contributed by atoms with Gasteiger partial charge in [-0.1, -0.05) is 55.5 Å². The second-order valence-electron chi connectivity index (χ2n) is 8.48. The summed E-state index contributed by atoms with van der Waals surface area (Å²) in [7, 11) is 2.13. The van der Waals surface area contributed by atoms with E-state index in [-0.39, 0.29) is 0 Å². The maximum atomic E-state index is 4.94. The van der Waals surface area contributed by atoms with Crippen molar-refractivity contribution in [2.24, 2.45) is 4.99 Å². The van der Waals surface area contributed by atoms with Crippen LogP contribution in [0.3, 0.4) is 0 Å². The first kappa shape index (κ1) is 23.8. The summed E-state index contributed by atoms with van der Waals surface area (Å²) in [6.07, 6.45) is 4.32. The summed E-state index contributed by atoms with van der Waals surface area (Å²) in [6.45, 7) is 6.38. The molecule has 3 nitrogen and oxygen atoms in total.